The molecule has 0 amide bonds. The third-order valence-corrected chi connectivity index (χ3v) is 6.20. The van der Waals surface area contributed by atoms with Crippen molar-refractivity contribution in [1.82, 2.24) is 5.32 Å². The molecule has 0 bridgehead atoms. The first-order valence-electron chi connectivity index (χ1n) is 7.40. The fourth-order valence-electron chi connectivity index (χ4n) is 3.36. The van der Waals surface area contributed by atoms with Crippen molar-refractivity contribution in [2.45, 2.75) is 47.1 Å². The summed E-state index contributed by atoms with van der Waals surface area (Å²) in [6.45, 7) is 12.7. The zero-order valence-electron chi connectivity index (χ0n) is 13.1. The van der Waals surface area contributed by atoms with Gasteiger partial charge in [0.2, 0.25) is 0 Å². The van der Waals surface area contributed by atoms with Gasteiger partial charge in [-0.3, -0.25) is 0 Å². The van der Waals surface area contributed by atoms with Gasteiger partial charge in [-0.1, -0.05) is 63.9 Å². The molecule has 1 aromatic carbocycles. The summed E-state index contributed by atoms with van der Waals surface area (Å²) >= 11 is 12.3. The average molecular weight is 314 g/mol. The summed E-state index contributed by atoms with van der Waals surface area (Å²) in [5.41, 5.74) is 1.99. The summed E-state index contributed by atoms with van der Waals surface area (Å²) in [5, 5.41) is 5.14. The van der Waals surface area contributed by atoms with E-state index in [-0.39, 0.29) is 0 Å². The monoisotopic (exact) mass is 313 g/mol. The number of hydrogen-bond donors (Lipinski definition) is 1. The van der Waals surface area contributed by atoms with Crippen molar-refractivity contribution in [2.75, 3.05) is 6.54 Å². The van der Waals surface area contributed by atoms with Gasteiger partial charge in [0.25, 0.3) is 0 Å². The van der Waals surface area contributed by atoms with E-state index in [9.17, 15) is 0 Å². The van der Waals surface area contributed by atoms with Crippen LogP contribution < -0.4 is 5.32 Å². The third kappa shape index (κ3) is 2.73. The molecule has 0 aliphatic heterocycles. The summed E-state index contributed by atoms with van der Waals surface area (Å²) in [6.07, 6.45) is 1.02. The van der Waals surface area contributed by atoms with Gasteiger partial charge in [0, 0.05) is 16.1 Å². The van der Waals surface area contributed by atoms with Crippen molar-refractivity contribution >= 4 is 23.2 Å². The summed E-state index contributed by atoms with van der Waals surface area (Å²) in [4.78, 5) is 0. The maximum Gasteiger partial charge on any atom is 0.0468 e. The second-order valence-electron chi connectivity index (χ2n) is 7.03. The molecule has 1 atom stereocenters. The maximum atomic E-state index is 6.32. The maximum absolute atomic E-state index is 6.32. The minimum absolute atomic E-state index is 0.298. The highest BCUT2D eigenvalue weighted by atomic mass is 35.5. The van der Waals surface area contributed by atoms with Crippen LogP contribution in [0.2, 0.25) is 10.0 Å². The lowest BCUT2D eigenvalue weighted by Crippen LogP contribution is -2.25. The van der Waals surface area contributed by atoms with Gasteiger partial charge in [0.1, 0.15) is 0 Å². The lowest BCUT2D eigenvalue weighted by atomic mass is 10.0. The summed E-state index contributed by atoms with van der Waals surface area (Å²) < 4.78 is 0. The van der Waals surface area contributed by atoms with Crippen LogP contribution in [0.25, 0.3) is 0 Å². The van der Waals surface area contributed by atoms with Crippen LogP contribution in [0.3, 0.4) is 0 Å². The molecule has 1 N–H and O–H groups in total. The molecule has 2 rings (SSSR count). The van der Waals surface area contributed by atoms with Crippen LogP contribution in [-0.2, 0) is 0 Å². The van der Waals surface area contributed by atoms with Gasteiger partial charge < -0.3 is 5.32 Å². The van der Waals surface area contributed by atoms with Gasteiger partial charge in [-0.05, 0) is 47.4 Å². The first-order chi connectivity index (χ1) is 9.21. The van der Waals surface area contributed by atoms with E-state index < -0.39 is 0 Å². The van der Waals surface area contributed by atoms with Gasteiger partial charge in [-0.25, -0.2) is 0 Å². The van der Waals surface area contributed by atoms with E-state index in [4.69, 9.17) is 23.2 Å². The number of rotatable bonds is 5. The standard InChI is InChI=1S/C17H25Cl2N/c1-6-14(12-8-7-11(18)9-13(12)19)20-10-15-16(2,3)17(15,4)5/h7-9,14-15,20H,6,10H2,1-5H3. The van der Waals surface area contributed by atoms with Gasteiger partial charge in [-0.15, -0.1) is 0 Å². The number of nitrogens with one attached hydrogen (secondary N) is 1. The van der Waals surface area contributed by atoms with Gasteiger partial charge in [-0.2, -0.15) is 0 Å². The molecule has 0 saturated heterocycles. The molecule has 0 spiro atoms. The van der Waals surface area contributed by atoms with Crippen LogP contribution in [0.5, 0.6) is 0 Å². The van der Waals surface area contributed by atoms with Crippen LogP contribution in [-0.4, -0.2) is 6.54 Å². The van der Waals surface area contributed by atoms with Crippen LogP contribution >= 0.6 is 23.2 Å². The largest absolute Gasteiger partial charge is 0.310 e. The number of hydrogen-bond acceptors (Lipinski definition) is 1. The fraction of sp³-hybridized carbons (Fsp3) is 0.647. The minimum Gasteiger partial charge on any atom is -0.310 e. The second kappa shape index (κ2) is 5.51. The molecule has 1 aromatic rings. The average Bonchev–Trinajstić information content (AvgIpc) is 2.73. The molecule has 1 nitrogen and oxygen atoms in total. The molecule has 0 heterocycles. The van der Waals surface area contributed by atoms with Crippen molar-refractivity contribution in [3.05, 3.63) is 33.8 Å². The van der Waals surface area contributed by atoms with E-state index in [1.54, 1.807) is 0 Å². The Morgan fingerprint density at radius 2 is 1.75 bits per heavy atom. The first-order valence-corrected chi connectivity index (χ1v) is 8.15. The Kier molecular flexibility index (Phi) is 4.45. The topological polar surface area (TPSA) is 12.0 Å². The Bertz CT molecular complexity index is 480. The smallest absolute Gasteiger partial charge is 0.0468 e. The summed E-state index contributed by atoms with van der Waals surface area (Å²) in [6, 6.07) is 6.08. The Labute approximate surface area is 133 Å². The molecule has 1 aliphatic rings. The summed E-state index contributed by atoms with van der Waals surface area (Å²) in [5.74, 6) is 0.718. The molecule has 1 unspecified atom stereocenters. The third-order valence-electron chi connectivity index (χ3n) is 5.63. The molecule has 0 radical (unpaired) electrons. The van der Waals surface area contributed by atoms with Crippen molar-refractivity contribution in [1.29, 1.82) is 0 Å². The van der Waals surface area contributed by atoms with Gasteiger partial charge >= 0.3 is 0 Å². The van der Waals surface area contributed by atoms with E-state index in [2.05, 4.69) is 39.9 Å². The zero-order chi connectivity index (χ0) is 15.1. The normalized spacial score (nSPS) is 21.8. The molecule has 20 heavy (non-hydrogen) atoms. The quantitative estimate of drug-likeness (QED) is 0.733. The van der Waals surface area contributed by atoms with Crippen molar-refractivity contribution in [3.8, 4) is 0 Å². The van der Waals surface area contributed by atoms with Gasteiger partial charge in [0.05, 0.1) is 0 Å². The summed E-state index contributed by atoms with van der Waals surface area (Å²) in [7, 11) is 0. The second-order valence-corrected chi connectivity index (χ2v) is 7.87. The minimum atomic E-state index is 0.298. The lowest BCUT2D eigenvalue weighted by Gasteiger charge is -2.19. The number of benzene rings is 1. The Hall–Kier alpha value is -0.240. The predicted molar refractivity (Wildman–Crippen MR) is 88.5 cm³/mol. The van der Waals surface area contributed by atoms with Crippen LogP contribution in [0.4, 0.5) is 0 Å². The Morgan fingerprint density at radius 1 is 1.15 bits per heavy atom. The van der Waals surface area contributed by atoms with E-state index >= 15 is 0 Å². The molecule has 1 fully saturated rings. The molecule has 1 saturated carbocycles. The van der Waals surface area contributed by atoms with E-state index in [1.807, 2.05) is 18.2 Å². The van der Waals surface area contributed by atoms with E-state index in [0.717, 1.165) is 29.5 Å². The first kappa shape index (κ1) is 16.1. The van der Waals surface area contributed by atoms with Crippen molar-refractivity contribution < 1.29 is 0 Å². The van der Waals surface area contributed by atoms with E-state index in [0.29, 0.717) is 21.9 Å². The number of halogens is 2. The van der Waals surface area contributed by atoms with Gasteiger partial charge in [0.15, 0.2) is 0 Å². The SMILES string of the molecule is CCC(NCC1C(C)(C)C1(C)C)c1ccc(Cl)cc1Cl. The molecule has 0 aromatic heterocycles. The molecule has 1 aliphatic carbocycles. The van der Waals surface area contributed by atoms with Crippen LogP contribution in [0, 0.1) is 16.7 Å². The highest BCUT2D eigenvalue weighted by molar-refractivity contribution is 6.35. The van der Waals surface area contributed by atoms with Crippen LogP contribution in [0.1, 0.15) is 52.6 Å². The molecular weight excluding hydrogens is 289 g/mol. The van der Waals surface area contributed by atoms with E-state index in [1.165, 1.54) is 0 Å². The molecule has 3 heteroatoms. The highest BCUT2D eigenvalue weighted by Crippen LogP contribution is 2.68. The van der Waals surface area contributed by atoms with Crippen LogP contribution in [0.15, 0.2) is 18.2 Å². The van der Waals surface area contributed by atoms with Crippen molar-refractivity contribution in [2.24, 2.45) is 16.7 Å². The lowest BCUT2D eigenvalue weighted by molar-refractivity contribution is 0.457. The molecular formula is C17H25Cl2N. The Morgan fingerprint density at radius 3 is 2.20 bits per heavy atom. The Balaban J connectivity index is 2.04. The highest BCUT2D eigenvalue weighted by Gasteiger charge is 2.63. The zero-order valence-corrected chi connectivity index (χ0v) is 14.6. The molecule has 112 valence electrons. The fourth-order valence-corrected chi connectivity index (χ4v) is 3.90. The van der Waals surface area contributed by atoms with Crippen molar-refractivity contribution in [3.63, 3.8) is 0 Å². The predicted octanol–water partition coefficient (Wildman–Crippen LogP) is 5.72.